The van der Waals surface area contributed by atoms with E-state index in [2.05, 4.69) is 91.8 Å². The van der Waals surface area contributed by atoms with Crippen LogP contribution in [0.1, 0.15) is 74.9 Å². The van der Waals surface area contributed by atoms with Gasteiger partial charge in [0.2, 0.25) is 0 Å². The Morgan fingerprint density at radius 3 is 1.30 bits per heavy atom. The third-order valence-corrected chi connectivity index (χ3v) is 5.08. The molecule has 148 valence electrons. The Kier molecular flexibility index (Phi) is 6.92. The van der Waals surface area contributed by atoms with Gasteiger partial charge in [-0.2, -0.15) is 0 Å². The molecule has 0 heterocycles. The molecule has 0 aliphatic carbocycles. The average Bonchev–Trinajstić information content (AvgIpc) is 2.52. The van der Waals surface area contributed by atoms with Gasteiger partial charge in [-0.1, -0.05) is 89.1 Å². The summed E-state index contributed by atoms with van der Waals surface area (Å²) >= 11 is 0. The zero-order valence-electron chi connectivity index (χ0n) is 18.7. The first kappa shape index (κ1) is 21.7. The molecule has 0 aliphatic heterocycles. The molecule has 0 aromatic heterocycles. The van der Waals surface area contributed by atoms with Gasteiger partial charge < -0.3 is 4.74 Å². The molecule has 1 heteroatoms. The topological polar surface area (TPSA) is 9.23 Å². The summed E-state index contributed by atoms with van der Waals surface area (Å²) < 4.78 is 5.97. The predicted octanol–water partition coefficient (Wildman–Crippen LogP) is 6.70. The van der Waals surface area contributed by atoms with Crippen LogP contribution in [0.25, 0.3) is 0 Å². The molecule has 0 atom stereocenters. The molecule has 0 amide bonds. The summed E-state index contributed by atoms with van der Waals surface area (Å²) in [6.07, 6.45) is 1.96. The van der Waals surface area contributed by atoms with E-state index < -0.39 is 0 Å². The van der Waals surface area contributed by atoms with Crippen molar-refractivity contribution in [2.24, 2.45) is 0 Å². The number of aryl methyl sites for hydroxylation is 2. The van der Waals surface area contributed by atoms with E-state index in [9.17, 15) is 0 Å². The minimum absolute atomic E-state index is 0.192. The normalized spacial score (nSPS) is 12.4. The van der Waals surface area contributed by atoms with Crippen molar-refractivity contribution in [3.8, 4) is 0 Å². The van der Waals surface area contributed by atoms with Crippen LogP contribution in [-0.2, 0) is 28.4 Å². The Bertz CT molecular complexity index is 691. The molecule has 2 aromatic carbocycles. The van der Waals surface area contributed by atoms with E-state index in [0.29, 0.717) is 0 Å². The number of hydrogen-bond acceptors (Lipinski definition) is 1. The molecule has 0 radical (unpaired) electrons. The minimum atomic E-state index is 0.192. The van der Waals surface area contributed by atoms with E-state index in [4.69, 9.17) is 4.74 Å². The van der Waals surface area contributed by atoms with E-state index in [0.717, 1.165) is 26.1 Å². The van der Waals surface area contributed by atoms with Gasteiger partial charge in [0.1, 0.15) is 0 Å². The van der Waals surface area contributed by atoms with Crippen LogP contribution < -0.4 is 0 Å². The molecule has 0 N–H and O–H groups in total. The van der Waals surface area contributed by atoms with Gasteiger partial charge in [0, 0.05) is 0 Å². The van der Waals surface area contributed by atoms with Gasteiger partial charge in [0.25, 0.3) is 0 Å². The van der Waals surface area contributed by atoms with Crippen molar-refractivity contribution in [2.75, 3.05) is 13.2 Å². The third-order valence-electron chi connectivity index (χ3n) is 5.08. The fraction of sp³-hybridized carbons (Fsp3) is 0.538. The summed E-state index contributed by atoms with van der Waals surface area (Å²) in [6, 6.07) is 13.9. The first-order chi connectivity index (χ1) is 12.4. The molecular weight excluding hydrogens is 328 g/mol. The van der Waals surface area contributed by atoms with Crippen LogP contribution in [0.4, 0.5) is 0 Å². The highest BCUT2D eigenvalue weighted by atomic mass is 16.5. The summed E-state index contributed by atoms with van der Waals surface area (Å²) in [7, 11) is 0. The van der Waals surface area contributed by atoms with E-state index in [1.54, 1.807) is 0 Å². The second kappa shape index (κ2) is 8.61. The molecular formula is C26H38O. The minimum Gasteiger partial charge on any atom is -0.381 e. The van der Waals surface area contributed by atoms with Crippen LogP contribution >= 0.6 is 0 Å². The van der Waals surface area contributed by atoms with Gasteiger partial charge in [-0.25, -0.2) is 0 Å². The van der Waals surface area contributed by atoms with Gasteiger partial charge in [-0.3, -0.25) is 0 Å². The van der Waals surface area contributed by atoms with Gasteiger partial charge in [0.05, 0.1) is 13.2 Å². The van der Waals surface area contributed by atoms with E-state index in [1.165, 1.54) is 33.4 Å². The first-order valence-electron chi connectivity index (χ1n) is 10.2. The molecule has 0 saturated carbocycles. The number of rotatable bonds is 6. The Balaban J connectivity index is 1.88. The van der Waals surface area contributed by atoms with E-state index in [-0.39, 0.29) is 10.8 Å². The summed E-state index contributed by atoms with van der Waals surface area (Å²) in [5.41, 5.74) is 8.64. The van der Waals surface area contributed by atoms with E-state index >= 15 is 0 Å². The van der Waals surface area contributed by atoms with Crippen LogP contribution in [-0.4, -0.2) is 13.2 Å². The predicted molar refractivity (Wildman–Crippen MR) is 118 cm³/mol. The lowest BCUT2D eigenvalue weighted by Gasteiger charge is -2.21. The van der Waals surface area contributed by atoms with Gasteiger partial charge in [0.15, 0.2) is 0 Å². The quantitative estimate of drug-likeness (QED) is 0.517. The van der Waals surface area contributed by atoms with Crippen LogP contribution in [0.2, 0.25) is 0 Å². The molecule has 27 heavy (non-hydrogen) atoms. The van der Waals surface area contributed by atoms with E-state index in [1.807, 2.05) is 0 Å². The van der Waals surface area contributed by atoms with Crippen molar-refractivity contribution in [1.82, 2.24) is 0 Å². The summed E-state index contributed by atoms with van der Waals surface area (Å²) in [4.78, 5) is 0. The fourth-order valence-electron chi connectivity index (χ4n) is 3.36. The molecule has 0 fully saturated rings. The molecule has 0 aliphatic rings. The monoisotopic (exact) mass is 366 g/mol. The second-order valence-corrected chi connectivity index (χ2v) is 10.0. The smallest absolute Gasteiger partial charge is 0.0506 e. The van der Waals surface area contributed by atoms with Crippen molar-refractivity contribution in [3.05, 3.63) is 69.8 Å². The van der Waals surface area contributed by atoms with Crippen molar-refractivity contribution in [1.29, 1.82) is 0 Å². The third kappa shape index (κ3) is 6.81. The van der Waals surface area contributed by atoms with Crippen LogP contribution in [0, 0.1) is 13.8 Å². The maximum atomic E-state index is 5.97. The van der Waals surface area contributed by atoms with Gasteiger partial charge >= 0.3 is 0 Å². The highest BCUT2D eigenvalue weighted by Gasteiger charge is 2.15. The standard InChI is InChI=1S/C26H38O/c1-19-13-21(17-23(15-19)25(3,4)5)9-11-27-12-10-22-14-20(2)16-24(18-22)26(6,7)8/h13-18H,9-12H2,1-8H3. The Morgan fingerprint density at radius 1 is 0.593 bits per heavy atom. The molecule has 0 bridgehead atoms. The average molecular weight is 367 g/mol. The first-order valence-corrected chi connectivity index (χ1v) is 10.2. The lowest BCUT2D eigenvalue weighted by molar-refractivity contribution is 0.140. The molecule has 1 nitrogen and oxygen atoms in total. The summed E-state index contributed by atoms with van der Waals surface area (Å²) in [6.45, 7) is 19.6. The van der Waals surface area contributed by atoms with Crippen LogP contribution in [0.5, 0.6) is 0 Å². The molecule has 0 spiro atoms. The number of ether oxygens (including phenoxy) is 1. The SMILES string of the molecule is Cc1cc(CCOCCc2cc(C)cc(C(C)(C)C)c2)cc(C(C)(C)C)c1. The van der Waals surface area contributed by atoms with Crippen molar-refractivity contribution >= 4 is 0 Å². The molecule has 0 unspecified atom stereocenters. The van der Waals surface area contributed by atoms with Crippen molar-refractivity contribution in [3.63, 3.8) is 0 Å². The summed E-state index contributed by atoms with van der Waals surface area (Å²) in [5, 5.41) is 0. The lowest BCUT2D eigenvalue weighted by Crippen LogP contribution is -2.13. The fourth-order valence-corrected chi connectivity index (χ4v) is 3.36. The highest BCUT2D eigenvalue weighted by molar-refractivity contribution is 5.34. The maximum absolute atomic E-state index is 5.97. The largest absolute Gasteiger partial charge is 0.381 e. The van der Waals surface area contributed by atoms with Crippen molar-refractivity contribution in [2.45, 2.75) is 79.1 Å². The molecule has 0 saturated heterocycles. The summed E-state index contributed by atoms with van der Waals surface area (Å²) in [5.74, 6) is 0. The van der Waals surface area contributed by atoms with Crippen LogP contribution in [0.15, 0.2) is 36.4 Å². The second-order valence-electron chi connectivity index (χ2n) is 10.0. The zero-order valence-corrected chi connectivity index (χ0v) is 18.7. The highest BCUT2D eigenvalue weighted by Crippen LogP contribution is 2.25. The number of hydrogen-bond donors (Lipinski definition) is 0. The van der Waals surface area contributed by atoms with Gasteiger partial charge in [-0.15, -0.1) is 0 Å². The lowest BCUT2D eigenvalue weighted by atomic mass is 9.85. The molecule has 2 aromatic rings. The Morgan fingerprint density at radius 2 is 0.963 bits per heavy atom. The van der Waals surface area contributed by atoms with Crippen LogP contribution in [0.3, 0.4) is 0 Å². The Labute approximate surface area is 167 Å². The zero-order chi connectivity index (χ0) is 20.2. The Hall–Kier alpha value is -1.60. The molecule has 2 rings (SSSR count). The van der Waals surface area contributed by atoms with Gasteiger partial charge in [-0.05, 0) is 59.8 Å². The van der Waals surface area contributed by atoms with Crippen molar-refractivity contribution < 1.29 is 4.74 Å². The number of benzene rings is 2. The maximum Gasteiger partial charge on any atom is 0.0506 e.